The van der Waals surface area contributed by atoms with E-state index in [4.69, 9.17) is 0 Å². The molecule has 1 N–H and O–H groups in total. The van der Waals surface area contributed by atoms with Gasteiger partial charge in [-0.05, 0) is 35.1 Å². The highest BCUT2D eigenvalue weighted by Crippen LogP contribution is 2.26. The summed E-state index contributed by atoms with van der Waals surface area (Å²) in [4.78, 5) is 1.24. The van der Waals surface area contributed by atoms with Crippen LogP contribution in [0.25, 0.3) is 0 Å². The van der Waals surface area contributed by atoms with Crippen LogP contribution < -0.4 is 5.32 Å². The summed E-state index contributed by atoms with van der Waals surface area (Å²) in [6.07, 6.45) is 0. The molecule has 0 spiro atoms. The van der Waals surface area contributed by atoms with E-state index in [1.807, 2.05) is 11.4 Å². The van der Waals surface area contributed by atoms with Crippen LogP contribution in [0.1, 0.15) is 30.3 Å². The zero-order valence-electron chi connectivity index (χ0n) is 11.0. The van der Waals surface area contributed by atoms with Crippen LogP contribution in [0.3, 0.4) is 0 Å². The Balaban J connectivity index is 2.07. The average molecular weight is 281 g/mol. The summed E-state index contributed by atoms with van der Waals surface area (Å²) in [6, 6.07) is 7.91. The molecule has 0 fully saturated rings. The van der Waals surface area contributed by atoms with E-state index in [2.05, 4.69) is 25.2 Å². The summed E-state index contributed by atoms with van der Waals surface area (Å²) in [5.74, 6) is -0.653. The standard InChI is InChI=1S/C15H17F2NS/c1-10(2)15(14-4-3-5-19-14)18-9-11-6-12(16)8-13(17)7-11/h3-8,10,15,18H,9H2,1-2H3. The highest BCUT2D eigenvalue weighted by molar-refractivity contribution is 7.10. The van der Waals surface area contributed by atoms with E-state index in [0.29, 0.717) is 18.0 Å². The van der Waals surface area contributed by atoms with E-state index in [-0.39, 0.29) is 6.04 Å². The first-order valence-corrected chi connectivity index (χ1v) is 7.16. The molecule has 0 aliphatic carbocycles. The Kier molecular flexibility index (Phi) is 4.66. The topological polar surface area (TPSA) is 12.0 Å². The number of benzene rings is 1. The number of halogens is 2. The van der Waals surface area contributed by atoms with Gasteiger partial charge in [0.1, 0.15) is 11.6 Å². The molecule has 19 heavy (non-hydrogen) atoms. The minimum Gasteiger partial charge on any atom is -0.305 e. The summed E-state index contributed by atoms with van der Waals surface area (Å²) >= 11 is 1.69. The molecule has 1 aromatic carbocycles. The third-order valence-electron chi connectivity index (χ3n) is 2.96. The maximum absolute atomic E-state index is 13.1. The molecule has 0 saturated carbocycles. The van der Waals surface area contributed by atoms with Crippen LogP contribution >= 0.6 is 11.3 Å². The van der Waals surface area contributed by atoms with Gasteiger partial charge in [-0.2, -0.15) is 0 Å². The van der Waals surface area contributed by atoms with Crippen LogP contribution in [0.4, 0.5) is 8.78 Å². The van der Waals surface area contributed by atoms with E-state index in [0.717, 1.165) is 6.07 Å². The summed E-state index contributed by atoms with van der Waals surface area (Å²) in [5.41, 5.74) is 0.625. The molecule has 1 nitrogen and oxygen atoms in total. The lowest BCUT2D eigenvalue weighted by Crippen LogP contribution is -2.24. The molecule has 1 atom stereocenters. The highest BCUT2D eigenvalue weighted by Gasteiger charge is 2.16. The summed E-state index contributed by atoms with van der Waals surface area (Å²) in [5, 5.41) is 5.41. The second-order valence-corrected chi connectivity index (χ2v) is 5.87. The van der Waals surface area contributed by atoms with Gasteiger partial charge in [-0.15, -0.1) is 11.3 Å². The first kappa shape index (κ1) is 14.2. The third-order valence-corrected chi connectivity index (χ3v) is 3.92. The third kappa shape index (κ3) is 3.85. The smallest absolute Gasteiger partial charge is 0.126 e. The Morgan fingerprint density at radius 3 is 2.37 bits per heavy atom. The number of hydrogen-bond acceptors (Lipinski definition) is 2. The SMILES string of the molecule is CC(C)C(NCc1cc(F)cc(F)c1)c1cccs1. The van der Waals surface area contributed by atoms with Crippen molar-refractivity contribution in [3.05, 3.63) is 57.8 Å². The van der Waals surface area contributed by atoms with E-state index in [9.17, 15) is 8.78 Å². The molecule has 1 aromatic heterocycles. The number of nitrogens with one attached hydrogen (secondary N) is 1. The number of rotatable bonds is 5. The molecule has 0 amide bonds. The van der Waals surface area contributed by atoms with E-state index < -0.39 is 11.6 Å². The van der Waals surface area contributed by atoms with Crippen molar-refractivity contribution in [2.45, 2.75) is 26.4 Å². The lowest BCUT2D eigenvalue weighted by molar-refractivity contribution is 0.415. The van der Waals surface area contributed by atoms with Gasteiger partial charge in [-0.25, -0.2) is 8.78 Å². The molecule has 0 bridgehead atoms. The van der Waals surface area contributed by atoms with Gasteiger partial charge in [0.05, 0.1) is 0 Å². The Morgan fingerprint density at radius 2 is 1.84 bits per heavy atom. The molecule has 1 unspecified atom stereocenters. The molecule has 2 rings (SSSR count). The van der Waals surface area contributed by atoms with Crippen LogP contribution in [-0.2, 0) is 6.54 Å². The van der Waals surface area contributed by atoms with Crippen LogP contribution in [0.5, 0.6) is 0 Å². The van der Waals surface area contributed by atoms with Crippen molar-refractivity contribution in [2.75, 3.05) is 0 Å². The fourth-order valence-corrected chi connectivity index (χ4v) is 3.05. The number of thiophene rings is 1. The minimum absolute atomic E-state index is 0.200. The first-order valence-electron chi connectivity index (χ1n) is 6.28. The van der Waals surface area contributed by atoms with Gasteiger partial charge in [0.2, 0.25) is 0 Å². The molecule has 0 aliphatic rings. The van der Waals surface area contributed by atoms with Crippen molar-refractivity contribution in [1.29, 1.82) is 0 Å². The normalized spacial score (nSPS) is 12.9. The van der Waals surface area contributed by atoms with Gasteiger partial charge < -0.3 is 5.32 Å². The average Bonchev–Trinajstić information content (AvgIpc) is 2.81. The second kappa shape index (κ2) is 6.26. The molecular weight excluding hydrogens is 264 g/mol. The van der Waals surface area contributed by atoms with Crippen LogP contribution in [0, 0.1) is 17.6 Å². The lowest BCUT2D eigenvalue weighted by Gasteiger charge is -2.21. The van der Waals surface area contributed by atoms with Crippen molar-refractivity contribution in [3.8, 4) is 0 Å². The highest BCUT2D eigenvalue weighted by atomic mass is 32.1. The molecule has 0 saturated heterocycles. The molecular formula is C15H17F2NS. The van der Waals surface area contributed by atoms with Crippen molar-refractivity contribution < 1.29 is 8.78 Å². The zero-order valence-corrected chi connectivity index (χ0v) is 11.8. The summed E-state index contributed by atoms with van der Waals surface area (Å²) in [7, 11) is 0. The molecule has 0 aliphatic heterocycles. The first-order chi connectivity index (χ1) is 9.06. The molecule has 2 aromatic rings. The monoisotopic (exact) mass is 281 g/mol. The van der Waals surface area contributed by atoms with Crippen LogP contribution in [0.2, 0.25) is 0 Å². The maximum Gasteiger partial charge on any atom is 0.126 e. The molecule has 1 heterocycles. The molecule has 102 valence electrons. The zero-order chi connectivity index (χ0) is 13.8. The quantitative estimate of drug-likeness (QED) is 0.850. The van der Waals surface area contributed by atoms with Crippen molar-refractivity contribution >= 4 is 11.3 Å². The molecule has 0 radical (unpaired) electrons. The van der Waals surface area contributed by atoms with Gasteiger partial charge >= 0.3 is 0 Å². The number of hydrogen-bond donors (Lipinski definition) is 1. The fourth-order valence-electron chi connectivity index (χ4n) is 2.07. The van der Waals surface area contributed by atoms with E-state index in [1.54, 1.807) is 11.3 Å². The van der Waals surface area contributed by atoms with Crippen LogP contribution in [-0.4, -0.2) is 0 Å². The van der Waals surface area contributed by atoms with Crippen molar-refractivity contribution in [2.24, 2.45) is 5.92 Å². The maximum atomic E-state index is 13.1. The van der Waals surface area contributed by atoms with Gasteiger partial charge in [0.15, 0.2) is 0 Å². The lowest BCUT2D eigenvalue weighted by atomic mass is 10.0. The van der Waals surface area contributed by atoms with Crippen LogP contribution in [0.15, 0.2) is 35.7 Å². The van der Waals surface area contributed by atoms with Crippen molar-refractivity contribution in [3.63, 3.8) is 0 Å². The Hall–Kier alpha value is -1.26. The van der Waals surface area contributed by atoms with Gasteiger partial charge in [0.25, 0.3) is 0 Å². The second-order valence-electron chi connectivity index (χ2n) is 4.90. The summed E-state index contributed by atoms with van der Waals surface area (Å²) < 4.78 is 26.2. The Bertz CT molecular complexity index is 503. The fraction of sp³-hybridized carbons (Fsp3) is 0.333. The summed E-state index contributed by atoms with van der Waals surface area (Å²) in [6.45, 7) is 4.71. The predicted molar refractivity (Wildman–Crippen MR) is 75.1 cm³/mol. The van der Waals surface area contributed by atoms with Gasteiger partial charge in [0, 0.05) is 23.5 Å². The van der Waals surface area contributed by atoms with E-state index >= 15 is 0 Å². The largest absolute Gasteiger partial charge is 0.305 e. The minimum atomic E-state index is -0.533. The molecule has 4 heteroatoms. The van der Waals surface area contributed by atoms with E-state index in [1.165, 1.54) is 17.0 Å². The Morgan fingerprint density at radius 1 is 1.16 bits per heavy atom. The van der Waals surface area contributed by atoms with Crippen molar-refractivity contribution in [1.82, 2.24) is 5.32 Å². The van der Waals surface area contributed by atoms with Gasteiger partial charge in [-0.3, -0.25) is 0 Å². The van der Waals surface area contributed by atoms with Gasteiger partial charge in [-0.1, -0.05) is 19.9 Å². The predicted octanol–water partition coefficient (Wildman–Crippen LogP) is 4.51. The Labute approximate surface area is 116 Å².